The van der Waals surface area contributed by atoms with Gasteiger partial charge in [-0.25, -0.2) is 18.2 Å². The predicted molar refractivity (Wildman–Crippen MR) is 120 cm³/mol. The first-order valence-corrected chi connectivity index (χ1v) is 11.8. The van der Waals surface area contributed by atoms with Gasteiger partial charge in [-0.3, -0.25) is 9.69 Å². The summed E-state index contributed by atoms with van der Waals surface area (Å²) < 4.78 is 72.2. The fourth-order valence-corrected chi connectivity index (χ4v) is 5.00. The van der Waals surface area contributed by atoms with Crippen molar-refractivity contribution >= 4 is 37.9 Å². The summed E-state index contributed by atoms with van der Waals surface area (Å²) in [4.78, 5) is 17.5. The van der Waals surface area contributed by atoms with E-state index in [-0.39, 0.29) is 27.3 Å². The van der Waals surface area contributed by atoms with Gasteiger partial charge in [0.25, 0.3) is 5.91 Å². The number of likely N-dealkylation sites (N-methyl/N-ethyl adjacent to an activating group) is 1. The summed E-state index contributed by atoms with van der Waals surface area (Å²) in [6.07, 6.45) is 0. The lowest BCUT2D eigenvalue weighted by Gasteiger charge is -2.26. The van der Waals surface area contributed by atoms with Crippen molar-refractivity contribution in [1.29, 1.82) is 0 Å². The highest BCUT2D eigenvalue weighted by Crippen LogP contribution is 2.41. The highest BCUT2D eigenvalue weighted by Gasteiger charge is 2.50. The second kappa shape index (κ2) is 8.44. The summed E-state index contributed by atoms with van der Waals surface area (Å²) in [7, 11) is -3.51. The molecule has 0 spiro atoms. The van der Waals surface area contributed by atoms with Crippen molar-refractivity contribution in [1.82, 2.24) is 4.90 Å². The van der Waals surface area contributed by atoms with Gasteiger partial charge < -0.3 is 9.92 Å². The zero-order chi connectivity index (χ0) is 24.8. The number of guanidine groups is 1. The summed E-state index contributed by atoms with van der Waals surface area (Å²) in [6.45, 7) is 0. The smallest absolute Gasteiger partial charge is 0.345 e. The lowest BCUT2D eigenvalue weighted by atomic mass is 9.82. The van der Waals surface area contributed by atoms with Crippen molar-refractivity contribution in [2.45, 2.75) is 10.4 Å². The molecule has 7 nitrogen and oxygen atoms in total. The number of amides is 1. The first-order chi connectivity index (χ1) is 16.0. The van der Waals surface area contributed by atoms with Gasteiger partial charge in [-0.1, -0.05) is 24.3 Å². The van der Waals surface area contributed by atoms with E-state index in [0.29, 0.717) is 0 Å². The van der Waals surface area contributed by atoms with E-state index in [1.54, 1.807) is 0 Å². The molecule has 0 radical (unpaired) electrons. The Balaban J connectivity index is 1.85. The number of carbonyl (C=O) groups excluding carboxylic acids is 1. The van der Waals surface area contributed by atoms with E-state index < -0.39 is 43.9 Å². The molecule has 1 heterocycles. The fourth-order valence-electron chi connectivity index (χ4n) is 3.57. The second-order valence-electron chi connectivity index (χ2n) is 7.29. The number of hydrogen-bond donors (Lipinski definition) is 1. The van der Waals surface area contributed by atoms with Crippen molar-refractivity contribution < 1.29 is 30.6 Å². The number of rotatable bonds is 5. The highest BCUT2D eigenvalue weighted by molar-refractivity contribution is 9.10. The van der Waals surface area contributed by atoms with E-state index in [9.17, 15) is 26.4 Å². The number of hydrogen-bond acceptors (Lipinski definition) is 6. The van der Waals surface area contributed by atoms with Crippen molar-refractivity contribution in [3.05, 3.63) is 93.7 Å². The van der Waals surface area contributed by atoms with Gasteiger partial charge in [-0.05, 0) is 63.5 Å². The lowest BCUT2D eigenvalue weighted by Crippen LogP contribution is -2.41. The topological polar surface area (TPSA) is 102 Å². The monoisotopic (exact) mass is 553 g/mol. The number of aliphatic imine (C=N–C) groups is 1. The lowest BCUT2D eigenvalue weighted by molar-refractivity contribution is -0.129. The van der Waals surface area contributed by atoms with Gasteiger partial charge in [0.2, 0.25) is 0 Å². The van der Waals surface area contributed by atoms with E-state index in [1.807, 2.05) is 0 Å². The van der Waals surface area contributed by atoms with Crippen molar-refractivity contribution in [2.75, 3.05) is 7.05 Å². The first kappa shape index (κ1) is 23.8. The van der Waals surface area contributed by atoms with Crippen LogP contribution in [0, 0.1) is 17.5 Å². The Kier molecular flexibility index (Phi) is 5.90. The molecule has 0 fully saturated rings. The number of halogens is 4. The van der Waals surface area contributed by atoms with Gasteiger partial charge in [0.15, 0.2) is 16.4 Å². The average Bonchev–Trinajstić information content (AvgIpc) is 3.00. The van der Waals surface area contributed by atoms with Crippen molar-refractivity contribution in [2.24, 2.45) is 10.7 Å². The normalized spacial score (nSPS) is 18.2. The molecule has 0 aliphatic carbocycles. The van der Waals surface area contributed by atoms with Crippen LogP contribution >= 0.6 is 15.9 Å². The fraction of sp³-hybridized carbons (Fsp3) is 0.0909. The van der Waals surface area contributed by atoms with Crippen molar-refractivity contribution in [3.8, 4) is 5.75 Å². The predicted octanol–water partition coefficient (Wildman–Crippen LogP) is 3.66. The van der Waals surface area contributed by atoms with E-state index in [4.69, 9.17) is 9.92 Å². The maximum atomic E-state index is 14.0. The largest absolute Gasteiger partial charge is 0.379 e. The minimum Gasteiger partial charge on any atom is -0.379 e. The number of nitrogens with two attached hydrogens (primary N) is 1. The molecule has 3 aromatic rings. The van der Waals surface area contributed by atoms with Crippen LogP contribution in [0.15, 0.2) is 75.0 Å². The van der Waals surface area contributed by atoms with Gasteiger partial charge in [0.1, 0.15) is 23.2 Å². The molecular formula is C22H15BrF3N3O4S. The maximum Gasteiger partial charge on any atom is 0.345 e. The van der Waals surface area contributed by atoms with Crippen molar-refractivity contribution in [3.63, 3.8) is 0 Å². The van der Waals surface area contributed by atoms with Crippen LogP contribution in [0.4, 0.5) is 13.2 Å². The minimum atomic E-state index is -4.91. The summed E-state index contributed by atoms with van der Waals surface area (Å²) >= 11 is 3.08. The van der Waals surface area contributed by atoms with Gasteiger partial charge in [0.05, 0.1) is 4.47 Å². The molecular weight excluding hydrogens is 539 g/mol. The summed E-state index contributed by atoms with van der Waals surface area (Å²) in [5, 5.41) is 0. The molecule has 4 rings (SSSR count). The molecule has 34 heavy (non-hydrogen) atoms. The van der Waals surface area contributed by atoms with E-state index in [2.05, 4.69) is 20.9 Å². The number of nitrogens with zero attached hydrogens (tertiary/aromatic N) is 2. The summed E-state index contributed by atoms with van der Waals surface area (Å²) in [5.41, 5.74) is 4.47. The molecule has 2 N–H and O–H groups in total. The highest BCUT2D eigenvalue weighted by atomic mass is 79.9. The molecule has 3 aromatic carbocycles. The van der Waals surface area contributed by atoms with Crippen LogP contribution in [-0.4, -0.2) is 32.2 Å². The zero-order valence-corrected chi connectivity index (χ0v) is 19.7. The Morgan fingerprint density at radius 1 is 0.971 bits per heavy atom. The molecule has 0 saturated heterocycles. The molecule has 1 unspecified atom stereocenters. The number of carbonyl (C=O) groups is 1. The van der Waals surface area contributed by atoms with Crippen LogP contribution in [0.5, 0.6) is 5.75 Å². The van der Waals surface area contributed by atoms with Crippen LogP contribution in [-0.2, 0) is 20.5 Å². The molecule has 1 amide bonds. The van der Waals surface area contributed by atoms with Crippen LogP contribution in [0.25, 0.3) is 0 Å². The maximum absolute atomic E-state index is 14.0. The zero-order valence-electron chi connectivity index (χ0n) is 17.3. The number of benzene rings is 3. The molecule has 1 atom stereocenters. The third-order valence-electron chi connectivity index (χ3n) is 5.20. The second-order valence-corrected chi connectivity index (χ2v) is 9.63. The quantitative estimate of drug-likeness (QED) is 0.486. The van der Waals surface area contributed by atoms with Gasteiger partial charge in [-0.15, -0.1) is 0 Å². The Bertz CT molecular complexity index is 1450. The van der Waals surface area contributed by atoms with E-state index >= 15 is 0 Å². The third-order valence-corrected chi connectivity index (χ3v) is 7.11. The molecule has 0 aromatic heterocycles. The molecule has 12 heteroatoms. The summed E-state index contributed by atoms with van der Waals surface area (Å²) in [6, 6.07) is 11.6. The molecule has 1 aliphatic heterocycles. The van der Waals surface area contributed by atoms with Crippen LogP contribution < -0.4 is 9.92 Å². The Morgan fingerprint density at radius 3 is 2.18 bits per heavy atom. The Morgan fingerprint density at radius 2 is 1.59 bits per heavy atom. The molecule has 0 bridgehead atoms. The van der Waals surface area contributed by atoms with Crippen LogP contribution in [0.3, 0.4) is 0 Å². The Labute approximate surface area is 200 Å². The van der Waals surface area contributed by atoms with Gasteiger partial charge in [0, 0.05) is 7.05 Å². The Hall–Kier alpha value is -3.38. The standard InChI is InChI=1S/C22H15BrF3N3O4S/c1-29-20(30)22(28-21(29)27,13-8-9-16(24)15(23)11-13)12-4-2-5-14(10-12)33-34(31,32)19-17(25)6-3-7-18(19)26/h2-11H,1H3,(H2,27,28). The van der Waals surface area contributed by atoms with Gasteiger partial charge in [-0.2, -0.15) is 8.42 Å². The van der Waals surface area contributed by atoms with Gasteiger partial charge >= 0.3 is 10.1 Å². The van der Waals surface area contributed by atoms with Crippen LogP contribution in [0.2, 0.25) is 0 Å². The minimum absolute atomic E-state index is 0.0607. The SMILES string of the molecule is CN1C(=O)C(c2cccc(OS(=O)(=O)c3c(F)cccc3F)c2)(c2ccc(F)c(Br)c2)N=C1N. The van der Waals surface area contributed by atoms with E-state index in [0.717, 1.165) is 29.2 Å². The molecule has 0 saturated carbocycles. The molecule has 1 aliphatic rings. The first-order valence-electron chi connectivity index (χ1n) is 9.55. The average molecular weight is 554 g/mol. The molecule has 176 valence electrons. The summed E-state index contributed by atoms with van der Waals surface area (Å²) in [5.74, 6) is -4.29. The van der Waals surface area contributed by atoms with E-state index in [1.165, 1.54) is 43.4 Å². The third kappa shape index (κ3) is 3.82. The van der Waals surface area contributed by atoms with Crippen LogP contribution in [0.1, 0.15) is 11.1 Å².